The number of pyridine rings is 1. The molecule has 126 valence electrons. The van der Waals surface area contributed by atoms with Crippen LogP contribution >= 0.6 is 0 Å². The molecule has 1 aromatic carbocycles. The van der Waals surface area contributed by atoms with E-state index in [4.69, 9.17) is 5.26 Å². The van der Waals surface area contributed by atoms with Crippen molar-refractivity contribution in [2.45, 2.75) is 12.8 Å². The van der Waals surface area contributed by atoms with Gasteiger partial charge in [0.05, 0.1) is 16.8 Å². The molecule has 25 heavy (non-hydrogen) atoms. The molecule has 2 heterocycles. The van der Waals surface area contributed by atoms with Crippen LogP contribution in [0.3, 0.4) is 0 Å². The van der Waals surface area contributed by atoms with Crippen LogP contribution in [0.4, 0.5) is 5.69 Å². The normalized spacial score (nSPS) is 14.6. The second kappa shape index (κ2) is 7.58. The zero-order chi connectivity index (χ0) is 17.6. The number of nitrogens with zero attached hydrogens (tertiary/aromatic N) is 3. The van der Waals surface area contributed by atoms with Crippen molar-refractivity contribution >= 4 is 17.5 Å². The van der Waals surface area contributed by atoms with Gasteiger partial charge in [0.25, 0.3) is 5.91 Å². The van der Waals surface area contributed by atoms with Gasteiger partial charge in [-0.05, 0) is 37.1 Å². The van der Waals surface area contributed by atoms with E-state index in [2.05, 4.69) is 16.4 Å². The average molecular weight is 334 g/mol. The third kappa shape index (κ3) is 3.83. The van der Waals surface area contributed by atoms with Crippen LogP contribution in [0.2, 0.25) is 0 Å². The van der Waals surface area contributed by atoms with Crippen LogP contribution in [-0.2, 0) is 4.79 Å². The molecule has 1 fully saturated rings. The smallest absolute Gasteiger partial charge is 0.255 e. The molecule has 0 saturated carbocycles. The number of aromatic nitrogens is 1. The number of carbonyl (C=O) groups is 2. The van der Waals surface area contributed by atoms with E-state index in [1.807, 2.05) is 0 Å². The molecule has 0 unspecified atom stereocenters. The lowest BCUT2D eigenvalue weighted by molar-refractivity contribution is -0.121. The van der Waals surface area contributed by atoms with Crippen molar-refractivity contribution in [2.24, 2.45) is 5.92 Å². The van der Waals surface area contributed by atoms with Crippen molar-refractivity contribution in [2.75, 3.05) is 18.4 Å². The van der Waals surface area contributed by atoms with Crippen LogP contribution in [0.1, 0.15) is 28.8 Å². The molecule has 1 N–H and O–H groups in total. The summed E-state index contributed by atoms with van der Waals surface area (Å²) in [5.74, 6) is -0.317. The minimum absolute atomic E-state index is 0.0539. The number of hydrogen-bond acceptors (Lipinski definition) is 4. The van der Waals surface area contributed by atoms with E-state index in [1.54, 1.807) is 53.7 Å². The van der Waals surface area contributed by atoms with Crippen molar-refractivity contribution in [3.8, 4) is 6.07 Å². The first-order chi connectivity index (χ1) is 12.2. The Bertz CT molecular complexity index is 806. The van der Waals surface area contributed by atoms with Gasteiger partial charge in [-0.2, -0.15) is 5.26 Å². The van der Waals surface area contributed by atoms with Crippen molar-refractivity contribution < 1.29 is 9.59 Å². The highest BCUT2D eigenvalue weighted by Crippen LogP contribution is 2.22. The molecule has 0 aliphatic carbocycles. The standard InChI is InChI=1S/C19H18N4O2/c20-12-15-4-1-2-6-17(15)22-18(24)14-7-10-23(11-8-14)19(25)16-5-3-9-21-13-16/h1-6,9,13-14H,7-8,10-11H2,(H,22,24). The Kier molecular flexibility index (Phi) is 5.05. The third-order valence-corrected chi connectivity index (χ3v) is 4.37. The fourth-order valence-corrected chi connectivity index (χ4v) is 2.94. The Balaban J connectivity index is 1.58. The summed E-state index contributed by atoms with van der Waals surface area (Å²) < 4.78 is 0. The van der Waals surface area contributed by atoms with Gasteiger partial charge >= 0.3 is 0 Å². The molecule has 1 aliphatic heterocycles. The van der Waals surface area contributed by atoms with E-state index in [0.717, 1.165) is 0 Å². The summed E-state index contributed by atoms with van der Waals surface area (Å²) >= 11 is 0. The van der Waals surface area contributed by atoms with Gasteiger partial charge in [-0.3, -0.25) is 14.6 Å². The second-order valence-corrected chi connectivity index (χ2v) is 5.95. The number of likely N-dealkylation sites (tertiary alicyclic amines) is 1. The molecule has 1 aromatic heterocycles. The Morgan fingerprint density at radius 1 is 1.16 bits per heavy atom. The quantitative estimate of drug-likeness (QED) is 0.934. The maximum absolute atomic E-state index is 12.4. The molecular formula is C19H18N4O2. The van der Waals surface area contributed by atoms with Crippen LogP contribution in [0.5, 0.6) is 0 Å². The Labute approximate surface area is 146 Å². The summed E-state index contributed by atoms with van der Waals surface area (Å²) in [6, 6.07) is 12.5. The summed E-state index contributed by atoms with van der Waals surface area (Å²) in [5, 5.41) is 11.9. The predicted octanol–water partition coefficient (Wildman–Crippen LogP) is 2.44. The molecule has 6 heteroatoms. The SMILES string of the molecule is N#Cc1ccccc1NC(=O)C1CCN(C(=O)c2cccnc2)CC1. The second-order valence-electron chi connectivity index (χ2n) is 5.95. The zero-order valence-electron chi connectivity index (χ0n) is 13.7. The monoisotopic (exact) mass is 334 g/mol. The largest absolute Gasteiger partial charge is 0.339 e. The Morgan fingerprint density at radius 2 is 1.92 bits per heavy atom. The molecule has 2 amide bonds. The summed E-state index contributed by atoms with van der Waals surface area (Å²) in [6.45, 7) is 1.07. The molecular weight excluding hydrogens is 316 g/mol. The van der Waals surface area contributed by atoms with E-state index < -0.39 is 0 Å². The molecule has 1 saturated heterocycles. The highest BCUT2D eigenvalue weighted by molar-refractivity contribution is 5.95. The van der Waals surface area contributed by atoms with Crippen LogP contribution in [0, 0.1) is 17.2 Å². The zero-order valence-corrected chi connectivity index (χ0v) is 13.7. The number of para-hydroxylation sites is 1. The molecule has 2 aromatic rings. The summed E-state index contributed by atoms with van der Waals surface area (Å²) in [7, 11) is 0. The number of rotatable bonds is 3. The van der Waals surface area contributed by atoms with Gasteiger partial charge in [0.15, 0.2) is 0 Å². The van der Waals surface area contributed by atoms with Gasteiger partial charge in [-0.1, -0.05) is 12.1 Å². The summed E-state index contributed by atoms with van der Waals surface area (Å²) in [6.07, 6.45) is 4.39. The van der Waals surface area contributed by atoms with Gasteiger partial charge in [-0.25, -0.2) is 0 Å². The van der Waals surface area contributed by atoms with E-state index in [-0.39, 0.29) is 17.7 Å². The third-order valence-electron chi connectivity index (χ3n) is 4.37. The number of hydrogen-bond donors (Lipinski definition) is 1. The number of carbonyl (C=O) groups excluding carboxylic acids is 2. The van der Waals surface area contributed by atoms with E-state index in [1.165, 1.54) is 0 Å². The maximum Gasteiger partial charge on any atom is 0.255 e. The average Bonchev–Trinajstić information content (AvgIpc) is 2.68. The van der Waals surface area contributed by atoms with Crippen molar-refractivity contribution in [3.05, 3.63) is 59.9 Å². The van der Waals surface area contributed by atoms with Gasteiger partial charge in [0.1, 0.15) is 6.07 Å². The van der Waals surface area contributed by atoms with Crippen molar-refractivity contribution in [1.29, 1.82) is 5.26 Å². The summed E-state index contributed by atoms with van der Waals surface area (Å²) in [5.41, 5.74) is 1.54. The van der Waals surface area contributed by atoms with Crippen LogP contribution in [0.25, 0.3) is 0 Å². The highest BCUT2D eigenvalue weighted by Gasteiger charge is 2.28. The Morgan fingerprint density at radius 3 is 2.60 bits per heavy atom. The van der Waals surface area contributed by atoms with Crippen LogP contribution in [-0.4, -0.2) is 34.8 Å². The molecule has 3 rings (SSSR count). The number of benzene rings is 1. The lowest BCUT2D eigenvalue weighted by Gasteiger charge is -2.31. The van der Waals surface area contributed by atoms with E-state index in [0.29, 0.717) is 42.7 Å². The number of piperidine rings is 1. The molecule has 0 spiro atoms. The minimum atomic E-state index is -0.162. The van der Waals surface area contributed by atoms with Gasteiger partial charge < -0.3 is 10.2 Å². The predicted molar refractivity (Wildman–Crippen MR) is 92.7 cm³/mol. The van der Waals surface area contributed by atoms with Crippen LogP contribution in [0.15, 0.2) is 48.8 Å². The first kappa shape index (κ1) is 16.7. The molecule has 6 nitrogen and oxygen atoms in total. The first-order valence-electron chi connectivity index (χ1n) is 8.18. The topological polar surface area (TPSA) is 86.1 Å². The van der Waals surface area contributed by atoms with E-state index >= 15 is 0 Å². The Hall–Kier alpha value is -3.20. The van der Waals surface area contributed by atoms with Crippen molar-refractivity contribution in [3.63, 3.8) is 0 Å². The lowest BCUT2D eigenvalue weighted by Crippen LogP contribution is -2.41. The molecule has 1 aliphatic rings. The number of nitrogens with one attached hydrogen (secondary N) is 1. The van der Waals surface area contributed by atoms with E-state index in [9.17, 15) is 9.59 Å². The molecule has 0 atom stereocenters. The van der Waals surface area contributed by atoms with Gasteiger partial charge in [0, 0.05) is 31.4 Å². The number of anilines is 1. The van der Waals surface area contributed by atoms with Crippen LogP contribution < -0.4 is 5.32 Å². The fourth-order valence-electron chi connectivity index (χ4n) is 2.94. The highest BCUT2D eigenvalue weighted by atomic mass is 16.2. The van der Waals surface area contributed by atoms with Gasteiger partial charge in [0.2, 0.25) is 5.91 Å². The summed E-state index contributed by atoms with van der Waals surface area (Å²) in [4.78, 5) is 30.6. The molecule has 0 bridgehead atoms. The number of nitriles is 1. The fraction of sp³-hybridized carbons (Fsp3) is 0.263. The lowest BCUT2D eigenvalue weighted by atomic mass is 9.95. The molecule has 0 radical (unpaired) electrons. The maximum atomic E-state index is 12.4. The number of amides is 2. The van der Waals surface area contributed by atoms with Gasteiger partial charge in [-0.15, -0.1) is 0 Å². The minimum Gasteiger partial charge on any atom is -0.339 e. The van der Waals surface area contributed by atoms with Crippen molar-refractivity contribution in [1.82, 2.24) is 9.88 Å². The first-order valence-corrected chi connectivity index (χ1v) is 8.18.